The fourth-order valence-corrected chi connectivity index (χ4v) is 5.56. The zero-order valence-corrected chi connectivity index (χ0v) is 18.5. The lowest BCUT2D eigenvalue weighted by atomic mass is 9.95. The summed E-state index contributed by atoms with van der Waals surface area (Å²) >= 11 is 1.49. The third-order valence-corrected chi connectivity index (χ3v) is 7.15. The van der Waals surface area contributed by atoms with Gasteiger partial charge in [0.1, 0.15) is 5.00 Å². The molecule has 1 fully saturated rings. The second kappa shape index (κ2) is 9.26. The molecule has 2 aromatic heterocycles. The van der Waals surface area contributed by atoms with Crippen molar-refractivity contribution in [1.82, 2.24) is 10.5 Å². The minimum Gasteiger partial charge on any atom is -0.376 e. The summed E-state index contributed by atoms with van der Waals surface area (Å²) in [7, 11) is 0. The number of carbonyl (C=O) groups excluding carboxylic acids is 2. The maximum atomic E-state index is 13.1. The van der Waals surface area contributed by atoms with Gasteiger partial charge in [-0.3, -0.25) is 9.59 Å². The third-order valence-electron chi connectivity index (χ3n) is 5.94. The van der Waals surface area contributed by atoms with E-state index in [4.69, 9.17) is 9.26 Å². The van der Waals surface area contributed by atoms with Gasteiger partial charge in [-0.1, -0.05) is 35.5 Å². The van der Waals surface area contributed by atoms with Crippen LogP contribution in [0.3, 0.4) is 0 Å². The molecule has 0 spiro atoms. The molecule has 7 nitrogen and oxygen atoms in total. The Labute approximate surface area is 190 Å². The molecule has 166 valence electrons. The first-order valence-corrected chi connectivity index (χ1v) is 11.9. The molecule has 3 aromatic rings. The summed E-state index contributed by atoms with van der Waals surface area (Å²) in [5.74, 6) is -0.0150. The first-order valence-electron chi connectivity index (χ1n) is 11.1. The molecule has 2 N–H and O–H groups in total. The number of ether oxygens (including phenoxy) is 1. The van der Waals surface area contributed by atoms with Crippen molar-refractivity contribution in [2.75, 3.05) is 18.5 Å². The molecule has 1 atom stereocenters. The molecule has 8 heteroatoms. The van der Waals surface area contributed by atoms with Crippen LogP contribution in [-0.4, -0.2) is 36.2 Å². The first-order chi connectivity index (χ1) is 15.7. The van der Waals surface area contributed by atoms with Gasteiger partial charge in [-0.05, 0) is 44.1 Å². The molecule has 1 aliphatic carbocycles. The molecule has 0 unspecified atom stereocenters. The van der Waals surface area contributed by atoms with E-state index < -0.39 is 0 Å². The number of carbonyl (C=O) groups is 2. The van der Waals surface area contributed by atoms with Crippen LogP contribution in [0.1, 0.15) is 57.0 Å². The molecule has 0 bridgehead atoms. The zero-order chi connectivity index (χ0) is 21.9. The van der Waals surface area contributed by atoms with Gasteiger partial charge < -0.3 is 19.9 Å². The highest BCUT2D eigenvalue weighted by Crippen LogP contribution is 2.38. The molecular formula is C24H25N3O4S. The van der Waals surface area contributed by atoms with Gasteiger partial charge >= 0.3 is 0 Å². The van der Waals surface area contributed by atoms with Crippen LogP contribution >= 0.6 is 11.3 Å². The summed E-state index contributed by atoms with van der Waals surface area (Å²) in [6.45, 7) is 1.24. The number of aromatic nitrogens is 1. The molecule has 0 radical (unpaired) electrons. The average Bonchev–Trinajstić information content (AvgIpc) is 3.57. The molecule has 2 aliphatic rings. The molecule has 0 saturated carbocycles. The van der Waals surface area contributed by atoms with Crippen molar-refractivity contribution in [2.45, 2.75) is 44.6 Å². The molecular weight excluding hydrogens is 426 g/mol. The summed E-state index contributed by atoms with van der Waals surface area (Å²) in [5.41, 5.74) is 2.68. The van der Waals surface area contributed by atoms with Gasteiger partial charge in [0.25, 0.3) is 11.8 Å². The SMILES string of the molecule is O=C(Nc1sc2c(c1C(=O)NC[C@@H]1CCCO1)CCCC2)c1cc(-c2ccccc2)on1. The van der Waals surface area contributed by atoms with Crippen LogP contribution in [0.4, 0.5) is 5.00 Å². The van der Waals surface area contributed by atoms with Crippen molar-refractivity contribution in [3.63, 3.8) is 0 Å². The van der Waals surface area contributed by atoms with Crippen molar-refractivity contribution >= 4 is 28.2 Å². The number of fused-ring (bicyclic) bond motifs is 1. The summed E-state index contributed by atoms with van der Waals surface area (Å²) < 4.78 is 11.0. The van der Waals surface area contributed by atoms with Crippen molar-refractivity contribution < 1.29 is 18.8 Å². The molecule has 2 amide bonds. The third kappa shape index (κ3) is 4.33. The predicted molar refractivity (Wildman–Crippen MR) is 122 cm³/mol. The van der Waals surface area contributed by atoms with Gasteiger partial charge in [0, 0.05) is 29.7 Å². The highest BCUT2D eigenvalue weighted by molar-refractivity contribution is 7.17. The quantitative estimate of drug-likeness (QED) is 0.578. The molecule has 1 saturated heterocycles. The van der Waals surface area contributed by atoms with Gasteiger partial charge in [0.05, 0.1) is 11.7 Å². The number of hydrogen-bond donors (Lipinski definition) is 2. The van der Waals surface area contributed by atoms with Crippen LogP contribution in [0.25, 0.3) is 11.3 Å². The van der Waals surface area contributed by atoms with Gasteiger partial charge in [-0.25, -0.2) is 0 Å². The van der Waals surface area contributed by atoms with Crippen molar-refractivity contribution in [2.24, 2.45) is 0 Å². The number of anilines is 1. The Morgan fingerprint density at radius 1 is 1.09 bits per heavy atom. The van der Waals surface area contributed by atoms with E-state index in [-0.39, 0.29) is 23.6 Å². The van der Waals surface area contributed by atoms with Crippen LogP contribution < -0.4 is 10.6 Å². The summed E-state index contributed by atoms with van der Waals surface area (Å²) in [6, 6.07) is 11.1. The maximum Gasteiger partial charge on any atom is 0.278 e. The van der Waals surface area contributed by atoms with Crippen LogP contribution in [0.2, 0.25) is 0 Å². The van der Waals surface area contributed by atoms with E-state index in [1.54, 1.807) is 6.07 Å². The number of aryl methyl sites for hydroxylation is 1. The Hall–Kier alpha value is -2.97. The van der Waals surface area contributed by atoms with E-state index in [2.05, 4.69) is 15.8 Å². The van der Waals surface area contributed by atoms with Gasteiger partial charge in [0.2, 0.25) is 0 Å². The van der Waals surface area contributed by atoms with E-state index in [1.807, 2.05) is 30.3 Å². The fraction of sp³-hybridized carbons (Fsp3) is 0.375. The normalized spacial score (nSPS) is 17.7. The highest BCUT2D eigenvalue weighted by Gasteiger charge is 2.28. The van der Waals surface area contributed by atoms with E-state index in [1.165, 1.54) is 16.2 Å². The lowest BCUT2D eigenvalue weighted by Crippen LogP contribution is -2.32. The second-order valence-electron chi connectivity index (χ2n) is 8.16. The van der Waals surface area contributed by atoms with E-state index >= 15 is 0 Å². The first kappa shape index (κ1) is 20.9. The van der Waals surface area contributed by atoms with Gasteiger partial charge in [0.15, 0.2) is 11.5 Å². The maximum absolute atomic E-state index is 13.1. The van der Waals surface area contributed by atoms with Crippen LogP contribution in [0.5, 0.6) is 0 Å². The van der Waals surface area contributed by atoms with E-state index in [9.17, 15) is 9.59 Å². The second-order valence-corrected chi connectivity index (χ2v) is 9.26. The smallest absolute Gasteiger partial charge is 0.278 e. The Morgan fingerprint density at radius 3 is 2.75 bits per heavy atom. The fourth-order valence-electron chi connectivity index (χ4n) is 4.28. The van der Waals surface area contributed by atoms with Crippen LogP contribution in [0, 0.1) is 0 Å². The number of rotatable bonds is 6. The highest BCUT2D eigenvalue weighted by atomic mass is 32.1. The summed E-state index contributed by atoms with van der Waals surface area (Å²) in [4.78, 5) is 27.2. The Morgan fingerprint density at radius 2 is 1.94 bits per heavy atom. The van der Waals surface area contributed by atoms with Gasteiger partial charge in [-0.2, -0.15) is 0 Å². The summed E-state index contributed by atoms with van der Waals surface area (Å²) in [5, 5.41) is 10.4. The van der Waals surface area contributed by atoms with Crippen molar-refractivity contribution in [3.05, 3.63) is 58.1 Å². The molecule has 5 rings (SSSR count). The number of thiophene rings is 1. The topological polar surface area (TPSA) is 93.5 Å². The number of nitrogens with zero attached hydrogens (tertiary/aromatic N) is 1. The number of hydrogen-bond acceptors (Lipinski definition) is 6. The number of amides is 2. The van der Waals surface area contributed by atoms with Crippen molar-refractivity contribution in [3.8, 4) is 11.3 Å². The predicted octanol–water partition coefficient (Wildman–Crippen LogP) is 4.44. The van der Waals surface area contributed by atoms with Crippen molar-refractivity contribution in [1.29, 1.82) is 0 Å². The minimum absolute atomic E-state index is 0.0676. The molecule has 3 heterocycles. The Bertz CT molecular complexity index is 1120. The molecule has 1 aromatic carbocycles. The Kier molecular flexibility index (Phi) is 6.05. The van der Waals surface area contributed by atoms with Crippen LogP contribution in [-0.2, 0) is 17.6 Å². The number of benzene rings is 1. The van der Waals surface area contributed by atoms with Gasteiger partial charge in [-0.15, -0.1) is 11.3 Å². The number of nitrogens with one attached hydrogen (secondary N) is 2. The lowest BCUT2D eigenvalue weighted by Gasteiger charge is -2.15. The average molecular weight is 452 g/mol. The molecule has 1 aliphatic heterocycles. The zero-order valence-electron chi connectivity index (χ0n) is 17.7. The van der Waals surface area contributed by atoms with E-state index in [0.717, 1.165) is 56.3 Å². The Balaban J connectivity index is 1.36. The summed E-state index contributed by atoms with van der Waals surface area (Å²) in [6.07, 6.45) is 5.99. The van der Waals surface area contributed by atoms with Crippen LogP contribution in [0.15, 0.2) is 40.9 Å². The largest absolute Gasteiger partial charge is 0.376 e. The minimum atomic E-state index is -0.386. The van der Waals surface area contributed by atoms with E-state index in [0.29, 0.717) is 22.9 Å². The standard InChI is InChI=1S/C24H25N3O4S/c28-22(18-13-19(31-27-18)15-7-2-1-3-8-15)26-24-21(17-10-4-5-11-20(17)32-24)23(29)25-14-16-9-6-12-30-16/h1-3,7-8,13,16H,4-6,9-12,14H2,(H,25,29)(H,26,28)/t16-/m0/s1. The molecule has 32 heavy (non-hydrogen) atoms. The monoisotopic (exact) mass is 451 g/mol. The lowest BCUT2D eigenvalue weighted by molar-refractivity contribution is 0.0858.